The van der Waals surface area contributed by atoms with Gasteiger partial charge in [-0.15, -0.1) is 0 Å². The van der Waals surface area contributed by atoms with E-state index in [2.05, 4.69) is 22.7 Å². The number of halogens is 1. The lowest BCUT2D eigenvalue weighted by atomic mass is 10.1. The van der Waals surface area contributed by atoms with Crippen molar-refractivity contribution in [1.29, 1.82) is 0 Å². The summed E-state index contributed by atoms with van der Waals surface area (Å²) in [5.41, 5.74) is 1.71. The van der Waals surface area contributed by atoms with Crippen LogP contribution in [0.25, 0.3) is 0 Å². The van der Waals surface area contributed by atoms with Gasteiger partial charge in [-0.25, -0.2) is 4.39 Å². The second-order valence-electron chi connectivity index (χ2n) is 3.56. The molecule has 2 atom stereocenters. The Balaban J connectivity index is 4.42. The van der Waals surface area contributed by atoms with E-state index in [1.807, 2.05) is 13.0 Å². The van der Waals surface area contributed by atoms with Crippen LogP contribution in [0.3, 0.4) is 0 Å². The van der Waals surface area contributed by atoms with Gasteiger partial charge in [-0.2, -0.15) is 0 Å². The molecule has 0 bridgehead atoms. The standard InChI is InChI=1S/C12H20FP/c1-5-7-10(3)8-9-11(6-2)12(4,13)14/h6,8-9H,3,5,7,14H2,1-2,4H3/b9-8-,11-6+. The van der Waals surface area contributed by atoms with Crippen molar-refractivity contribution in [2.24, 2.45) is 0 Å². The van der Waals surface area contributed by atoms with Crippen molar-refractivity contribution < 1.29 is 4.39 Å². The number of rotatable bonds is 5. The van der Waals surface area contributed by atoms with E-state index in [1.165, 1.54) is 6.92 Å². The van der Waals surface area contributed by atoms with Gasteiger partial charge in [0.1, 0.15) is 5.41 Å². The molecule has 0 saturated carbocycles. The fourth-order valence-electron chi connectivity index (χ4n) is 1.15. The van der Waals surface area contributed by atoms with Crippen molar-refractivity contribution in [1.82, 2.24) is 0 Å². The Kier molecular flexibility index (Phi) is 5.95. The van der Waals surface area contributed by atoms with Gasteiger partial charge in [0.05, 0.1) is 0 Å². The van der Waals surface area contributed by atoms with E-state index in [4.69, 9.17) is 0 Å². The normalized spacial score (nSPS) is 17.1. The number of hydrogen-bond donors (Lipinski definition) is 0. The van der Waals surface area contributed by atoms with Crippen molar-refractivity contribution in [2.75, 3.05) is 0 Å². The highest BCUT2D eigenvalue weighted by molar-refractivity contribution is 7.19. The number of hydrogen-bond acceptors (Lipinski definition) is 0. The minimum atomic E-state index is -1.35. The molecule has 14 heavy (non-hydrogen) atoms. The Morgan fingerprint density at radius 3 is 2.43 bits per heavy atom. The maximum atomic E-state index is 13.5. The summed E-state index contributed by atoms with van der Waals surface area (Å²) in [6, 6.07) is 0. The van der Waals surface area contributed by atoms with Crippen LogP contribution in [-0.2, 0) is 0 Å². The Labute approximate surface area is 89.2 Å². The summed E-state index contributed by atoms with van der Waals surface area (Å²) in [7, 11) is 2.19. The molecule has 0 nitrogen and oxygen atoms in total. The summed E-state index contributed by atoms with van der Waals surface area (Å²) >= 11 is 0. The number of alkyl halides is 1. The lowest BCUT2D eigenvalue weighted by Crippen LogP contribution is -2.08. The molecule has 0 aliphatic carbocycles. The van der Waals surface area contributed by atoms with Crippen molar-refractivity contribution >= 4 is 9.24 Å². The van der Waals surface area contributed by atoms with E-state index < -0.39 is 5.41 Å². The Hall–Kier alpha value is -0.420. The van der Waals surface area contributed by atoms with E-state index in [0.29, 0.717) is 5.57 Å². The molecule has 0 rings (SSSR count). The van der Waals surface area contributed by atoms with Crippen LogP contribution >= 0.6 is 9.24 Å². The fraction of sp³-hybridized carbons (Fsp3) is 0.500. The second kappa shape index (κ2) is 6.14. The van der Waals surface area contributed by atoms with Gasteiger partial charge in [0, 0.05) is 0 Å². The van der Waals surface area contributed by atoms with Crippen LogP contribution in [0.1, 0.15) is 33.6 Å². The van der Waals surface area contributed by atoms with Crippen LogP contribution in [0.15, 0.2) is 36.0 Å². The van der Waals surface area contributed by atoms with Crippen LogP contribution in [0.2, 0.25) is 0 Å². The molecular weight excluding hydrogens is 194 g/mol. The van der Waals surface area contributed by atoms with E-state index in [1.54, 1.807) is 12.2 Å². The highest BCUT2D eigenvalue weighted by Crippen LogP contribution is 2.29. The third-order valence-corrected chi connectivity index (χ3v) is 2.28. The summed E-state index contributed by atoms with van der Waals surface area (Å²) in [6.45, 7) is 9.36. The van der Waals surface area contributed by atoms with Crippen molar-refractivity contribution in [3.05, 3.63) is 36.0 Å². The average Bonchev–Trinajstić information content (AvgIpc) is 2.03. The molecule has 2 unspecified atom stereocenters. The molecule has 2 heteroatoms. The number of allylic oxidation sites excluding steroid dienone is 5. The van der Waals surface area contributed by atoms with Gasteiger partial charge in [0.25, 0.3) is 0 Å². The van der Waals surface area contributed by atoms with Gasteiger partial charge in [-0.3, -0.25) is 0 Å². The van der Waals surface area contributed by atoms with Gasteiger partial charge in [-0.1, -0.05) is 53.0 Å². The van der Waals surface area contributed by atoms with Gasteiger partial charge in [-0.05, 0) is 25.8 Å². The van der Waals surface area contributed by atoms with Crippen molar-refractivity contribution in [3.8, 4) is 0 Å². The largest absolute Gasteiger partial charge is 0.235 e. The summed E-state index contributed by atoms with van der Waals surface area (Å²) in [6.07, 6.45) is 7.50. The summed E-state index contributed by atoms with van der Waals surface area (Å²) in [5, 5.41) is -1.35. The van der Waals surface area contributed by atoms with Crippen LogP contribution < -0.4 is 0 Å². The first kappa shape index (κ1) is 13.6. The van der Waals surface area contributed by atoms with E-state index in [9.17, 15) is 4.39 Å². The first-order valence-electron chi connectivity index (χ1n) is 4.92. The molecule has 0 saturated heterocycles. The minimum Gasteiger partial charge on any atom is -0.235 e. The summed E-state index contributed by atoms with van der Waals surface area (Å²) in [4.78, 5) is 0. The molecule has 0 amide bonds. The quantitative estimate of drug-likeness (QED) is 0.470. The maximum absolute atomic E-state index is 13.5. The van der Waals surface area contributed by atoms with Crippen molar-refractivity contribution in [3.63, 3.8) is 0 Å². The smallest absolute Gasteiger partial charge is 0.145 e. The SMILES string of the molecule is C=C(/C=C\C(=C/C)C(C)(F)P)CCC. The zero-order chi connectivity index (χ0) is 11.2. The molecule has 0 spiro atoms. The van der Waals surface area contributed by atoms with Crippen LogP contribution in [0.5, 0.6) is 0 Å². The van der Waals surface area contributed by atoms with E-state index in [-0.39, 0.29) is 0 Å². The van der Waals surface area contributed by atoms with E-state index >= 15 is 0 Å². The van der Waals surface area contributed by atoms with Crippen molar-refractivity contribution in [2.45, 2.75) is 39.0 Å². The molecule has 0 heterocycles. The molecule has 80 valence electrons. The first-order chi connectivity index (χ1) is 6.41. The third kappa shape index (κ3) is 5.34. The molecule has 0 aromatic rings. The maximum Gasteiger partial charge on any atom is 0.145 e. The second-order valence-corrected chi connectivity index (χ2v) is 4.65. The van der Waals surface area contributed by atoms with E-state index in [0.717, 1.165) is 18.4 Å². The minimum absolute atomic E-state index is 0.666. The molecule has 0 aliphatic rings. The highest BCUT2D eigenvalue weighted by Gasteiger charge is 2.18. The van der Waals surface area contributed by atoms with Gasteiger partial charge in [0.15, 0.2) is 0 Å². The Bertz CT molecular complexity index is 244. The average molecular weight is 214 g/mol. The molecule has 0 aromatic carbocycles. The predicted molar refractivity (Wildman–Crippen MR) is 66.2 cm³/mol. The van der Waals surface area contributed by atoms with Crippen LogP contribution in [0, 0.1) is 0 Å². The molecular formula is C12H20FP. The third-order valence-electron chi connectivity index (χ3n) is 1.95. The molecule has 0 radical (unpaired) electrons. The van der Waals surface area contributed by atoms with Crippen LogP contribution in [0.4, 0.5) is 4.39 Å². The van der Waals surface area contributed by atoms with Gasteiger partial charge < -0.3 is 0 Å². The first-order valence-corrected chi connectivity index (χ1v) is 5.50. The summed E-state index contributed by atoms with van der Waals surface area (Å²) < 4.78 is 13.5. The van der Waals surface area contributed by atoms with Crippen LogP contribution in [-0.4, -0.2) is 5.41 Å². The highest BCUT2D eigenvalue weighted by atomic mass is 31.0. The molecule has 0 aliphatic heterocycles. The van der Waals surface area contributed by atoms with Gasteiger partial charge in [0.2, 0.25) is 0 Å². The Morgan fingerprint density at radius 1 is 1.50 bits per heavy atom. The van der Waals surface area contributed by atoms with Gasteiger partial charge >= 0.3 is 0 Å². The zero-order valence-electron chi connectivity index (χ0n) is 9.31. The summed E-state index contributed by atoms with van der Waals surface area (Å²) in [5.74, 6) is 0. The molecule has 0 fully saturated rings. The lowest BCUT2D eigenvalue weighted by Gasteiger charge is -2.15. The Morgan fingerprint density at radius 2 is 2.07 bits per heavy atom. The predicted octanol–water partition coefficient (Wildman–Crippen LogP) is 4.41. The topological polar surface area (TPSA) is 0 Å². The zero-order valence-corrected chi connectivity index (χ0v) is 10.5. The molecule has 0 N–H and O–H groups in total. The lowest BCUT2D eigenvalue weighted by molar-refractivity contribution is 0.372. The monoisotopic (exact) mass is 214 g/mol. The fourth-order valence-corrected chi connectivity index (χ4v) is 1.42. The molecule has 0 aromatic heterocycles.